The monoisotopic (exact) mass is 321 g/mol. The zero-order chi connectivity index (χ0) is 15.1. The van der Waals surface area contributed by atoms with Gasteiger partial charge in [0.05, 0.1) is 19.6 Å². The molecule has 0 saturated heterocycles. The summed E-state index contributed by atoms with van der Waals surface area (Å²) in [7, 11) is 1.34. The van der Waals surface area contributed by atoms with Gasteiger partial charge in [-0.15, -0.1) is 22.7 Å². The standard InChI is InChI=1S/C15H15NO3S2/c1-19-15(18)10-12(13-5-3-9-21-13)16-14(17)7-6-11-4-2-8-20-11/h2-9,12H,10H2,1H3,(H,16,17)/b7-6+. The van der Waals surface area contributed by atoms with Crippen LogP contribution in [-0.2, 0) is 14.3 Å². The number of rotatable bonds is 6. The molecule has 1 atom stereocenters. The molecule has 2 aromatic rings. The molecule has 2 aromatic heterocycles. The maximum absolute atomic E-state index is 12.0. The van der Waals surface area contributed by atoms with Crippen LogP contribution in [0.25, 0.3) is 6.08 Å². The van der Waals surface area contributed by atoms with Gasteiger partial charge in [-0.1, -0.05) is 12.1 Å². The Morgan fingerprint density at radius 3 is 2.67 bits per heavy atom. The van der Waals surface area contributed by atoms with Crippen molar-refractivity contribution in [3.63, 3.8) is 0 Å². The molecule has 0 spiro atoms. The Morgan fingerprint density at radius 1 is 1.29 bits per heavy atom. The van der Waals surface area contributed by atoms with Crippen LogP contribution in [0.2, 0.25) is 0 Å². The summed E-state index contributed by atoms with van der Waals surface area (Å²) >= 11 is 3.05. The zero-order valence-electron chi connectivity index (χ0n) is 11.4. The lowest BCUT2D eigenvalue weighted by Crippen LogP contribution is -2.28. The summed E-state index contributed by atoms with van der Waals surface area (Å²) in [6.45, 7) is 0. The third-order valence-electron chi connectivity index (χ3n) is 2.74. The van der Waals surface area contributed by atoms with E-state index in [0.717, 1.165) is 9.75 Å². The fourth-order valence-electron chi connectivity index (χ4n) is 1.73. The molecule has 110 valence electrons. The van der Waals surface area contributed by atoms with Gasteiger partial charge in [-0.25, -0.2) is 0 Å². The number of nitrogens with one attached hydrogen (secondary N) is 1. The average molecular weight is 321 g/mol. The minimum Gasteiger partial charge on any atom is -0.469 e. The average Bonchev–Trinajstić information content (AvgIpc) is 3.17. The SMILES string of the molecule is COC(=O)CC(NC(=O)/C=C/c1cccs1)c1cccs1. The minimum absolute atomic E-state index is 0.121. The number of hydrogen-bond acceptors (Lipinski definition) is 5. The largest absolute Gasteiger partial charge is 0.469 e. The lowest BCUT2D eigenvalue weighted by Gasteiger charge is -2.15. The third kappa shape index (κ3) is 4.84. The first-order chi connectivity index (χ1) is 10.2. The summed E-state index contributed by atoms with van der Waals surface area (Å²) in [4.78, 5) is 25.4. The Hall–Kier alpha value is -1.92. The molecular weight excluding hydrogens is 306 g/mol. The summed E-state index contributed by atoms with van der Waals surface area (Å²) < 4.78 is 4.68. The maximum atomic E-state index is 12.0. The predicted octanol–water partition coefficient (Wildman–Crippen LogP) is 3.24. The van der Waals surface area contributed by atoms with Crippen molar-refractivity contribution < 1.29 is 14.3 Å². The van der Waals surface area contributed by atoms with Gasteiger partial charge in [-0.05, 0) is 29.0 Å². The van der Waals surface area contributed by atoms with Gasteiger partial charge in [0.2, 0.25) is 5.91 Å². The van der Waals surface area contributed by atoms with Crippen molar-refractivity contribution in [2.45, 2.75) is 12.5 Å². The Bertz CT molecular complexity index is 603. The van der Waals surface area contributed by atoms with Crippen molar-refractivity contribution in [1.29, 1.82) is 0 Å². The molecule has 0 saturated carbocycles. The first-order valence-electron chi connectivity index (χ1n) is 6.31. The first-order valence-corrected chi connectivity index (χ1v) is 8.07. The Kier molecular flexibility index (Phi) is 5.71. The molecule has 2 rings (SSSR count). The Labute approximate surface area is 131 Å². The van der Waals surface area contributed by atoms with Gasteiger partial charge < -0.3 is 10.1 Å². The molecule has 0 aliphatic carbocycles. The fraction of sp³-hybridized carbons (Fsp3) is 0.200. The van der Waals surface area contributed by atoms with E-state index in [1.54, 1.807) is 17.4 Å². The van der Waals surface area contributed by atoms with Crippen LogP contribution in [-0.4, -0.2) is 19.0 Å². The van der Waals surface area contributed by atoms with Crippen LogP contribution in [0, 0.1) is 0 Å². The minimum atomic E-state index is -0.363. The van der Waals surface area contributed by atoms with E-state index in [9.17, 15) is 9.59 Å². The van der Waals surface area contributed by atoms with Gasteiger partial charge in [-0.2, -0.15) is 0 Å². The second kappa shape index (κ2) is 7.75. The van der Waals surface area contributed by atoms with Gasteiger partial charge in [0.1, 0.15) is 0 Å². The normalized spacial score (nSPS) is 12.2. The molecule has 6 heteroatoms. The first kappa shape index (κ1) is 15.5. The van der Waals surface area contributed by atoms with Crippen LogP contribution >= 0.6 is 22.7 Å². The summed E-state index contributed by atoms with van der Waals surface area (Å²) in [6, 6.07) is 7.27. The van der Waals surface area contributed by atoms with Crippen LogP contribution in [0.1, 0.15) is 22.2 Å². The van der Waals surface area contributed by atoms with Gasteiger partial charge in [0, 0.05) is 15.8 Å². The molecule has 0 aliphatic heterocycles. The van der Waals surface area contributed by atoms with Crippen molar-refractivity contribution in [3.05, 3.63) is 50.9 Å². The van der Waals surface area contributed by atoms with Crippen LogP contribution in [0.3, 0.4) is 0 Å². The number of hydrogen-bond donors (Lipinski definition) is 1. The molecule has 1 amide bonds. The van der Waals surface area contributed by atoms with E-state index in [-0.39, 0.29) is 24.3 Å². The molecule has 1 N–H and O–H groups in total. The Morgan fingerprint density at radius 2 is 2.05 bits per heavy atom. The van der Waals surface area contributed by atoms with Crippen molar-refractivity contribution in [2.75, 3.05) is 7.11 Å². The number of esters is 1. The van der Waals surface area contributed by atoms with E-state index in [4.69, 9.17) is 0 Å². The van der Waals surface area contributed by atoms with Crippen LogP contribution < -0.4 is 5.32 Å². The Balaban J connectivity index is 2.01. The van der Waals surface area contributed by atoms with Crippen LogP contribution in [0.15, 0.2) is 41.1 Å². The molecule has 2 heterocycles. The lowest BCUT2D eigenvalue weighted by molar-refractivity contribution is -0.141. The molecule has 1 unspecified atom stereocenters. The van der Waals surface area contributed by atoms with Gasteiger partial charge >= 0.3 is 5.97 Å². The predicted molar refractivity (Wildman–Crippen MR) is 85.2 cm³/mol. The smallest absolute Gasteiger partial charge is 0.307 e. The van der Waals surface area contributed by atoms with Crippen molar-refractivity contribution >= 4 is 40.6 Å². The van der Waals surface area contributed by atoms with E-state index in [1.165, 1.54) is 24.5 Å². The molecule has 0 bridgehead atoms. The highest BCUT2D eigenvalue weighted by Crippen LogP contribution is 2.22. The summed E-state index contributed by atoms with van der Waals surface area (Å²) in [6.07, 6.45) is 3.35. The number of carbonyl (C=O) groups excluding carboxylic acids is 2. The highest BCUT2D eigenvalue weighted by atomic mass is 32.1. The van der Waals surface area contributed by atoms with E-state index >= 15 is 0 Å². The van der Waals surface area contributed by atoms with Gasteiger partial charge in [-0.3, -0.25) is 9.59 Å². The summed E-state index contributed by atoms with van der Waals surface area (Å²) in [5, 5.41) is 6.69. The van der Waals surface area contributed by atoms with E-state index in [0.29, 0.717) is 0 Å². The molecule has 0 aromatic carbocycles. The van der Waals surface area contributed by atoms with Crippen molar-refractivity contribution in [1.82, 2.24) is 5.32 Å². The number of amides is 1. The fourth-order valence-corrected chi connectivity index (χ4v) is 3.12. The van der Waals surface area contributed by atoms with Gasteiger partial charge in [0.15, 0.2) is 0 Å². The van der Waals surface area contributed by atoms with Crippen LogP contribution in [0.5, 0.6) is 0 Å². The number of methoxy groups -OCH3 is 1. The highest BCUT2D eigenvalue weighted by molar-refractivity contribution is 7.10. The van der Waals surface area contributed by atoms with E-state index in [1.807, 2.05) is 35.0 Å². The molecular formula is C15H15NO3S2. The number of thiophene rings is 2. The lowest BCUT2D eigenvalue weighted by atomic mass is 10.1. The summed E-state index contributed by atoms with van der Waals surface area (Å²) in [5.74, 6) is -0.582. The molecule has 0 fully saturated rings. The second-order valence-corrected chi connectivity index (χ2v) is 6.16. The van der Waals surface area contributed by atoms with Crippen molar-refractivity contribution in [3.8, 4) is 0 Å². The highest BCUT2D eigenvalue weighted by Gasteiger charge is 2.18. The maximum Gasteiger partial charge on any atom is 0.307 e. The van der Waals surface area contributed by atoms with E-state index < -0.39 is 0 Å². The number of carbonyl (C=O) groups is 2. The zero-order valence-corrected chi connectivity index (χ0v) is 13.1. The topological polar surface area (TPSA) is 55.4 Å². The summed E-state index contributed by atoms with van der Waals surface area (Å²) in [5.41, 5.74) is 0. The van der Waals surface area contributed by atoms with Crippen molar-refractivity contribution in [2.24, 2.45) is 0 Å². The molecule has 0 radical (unpaired) electrons. The number of ether oxygens (including phenoxy) is 1. The molecule has 21 heavy (non-hydrogen) atoms. The van der Waals surface area contributed by atoms with Crippen LogP contribution in [0.4, 0.5) is 0 Å². The quantitative estimate of drug-likeness (QED) is 0.656. The third-order valence-corrected chi connectivity index (χ3v) is 4.57. The second-order valence-electron chi connectivity index (χ2n) is 4.21. The molecule has 0 aliphatic rings. The van der Waals surface area contributed by atoms with E-state index in [2.05, 4.69) is 10.1 Å². The molecule has 4 nitrogen and oxygen atoms in total. The van der Waals surface area contributed by atoms with Gasteiger partial charge in [0.25, 0.3) is 0 Å².